The first-order valence-electron chi connectivity index (χ1n) is 10.2. The molecule has 0 saturated carbocycles. The van der Waals surface area contributed by atoms with Crippen LogP contribution in [0.15, 0.2) is 82.7 Å². The van der Waals surface area contributed by atoms with E-state index in [0.717, 1.165) is 10.5 Å². The molecule has 0 spiro atoms. The van der Waals surface area contributed by atoms with Crippen molar-refractivity contribution in [1.29, 1.82) is 0 Å². The van der Waals surface area contributed by atoms with E-state index in [0.29, 0.717) is 20.7 Å². The average molecular weight is 529 g/mol. The van der Waals surface area contributed by atoms with E-state index in [4.69, 9.17) is 27.9 Å². The van der Waals surface area contributed by atoms with Crippen LogP contribution in [0.5, 0.6) is 5.75 Å². The first-order valence-corrected chi connectivity index (χ1v) is 11.8. The molecule has 0 fully saturated rings. The van der Waals surface area contributed by atoms with Crippen molar-refractivity contribution in [2.45, 2.75) is 23.4 Å². The highest BCUT2D eigenvalue weighted by atomic mass is 35.5. The van der Waals surface area contributed by atoms with Crippen molar-refractivity contribution in [3.8, 4) is 5.75 Å². The molecule has 178 valence electrons. The topological polar surface area (TPSA) is 99.3 Å². The van der Waals surface area contributed by atoms with Crippen LogP contribution in [0, 0.1) is 17.0 Å². The van der Waals surface area contributed by atoms with Crippen molar-refractivity contribution >= 4 is 52.2 Å². The summed E-state index contributed by atoms with van der Waals surface area (Å²) in [5.74, 6) is -0.209. The number of non-ortho nitro benzene ring substituents is 1. The second kappa shape index (κ2) is 10.8. The fourth-order valence-electron chi connectivity index (χ4n) is 3.06. The summed E-state index contributed by atoms with van der Waals surface area (Å²) in [5, 5.41) is 19.0. The summed E-state index contributed by atoms with van der Waals surface area (Å²) in [6.45, 7) is 1.96. The summed E-state index contributed by atoms with van der Waals surface area (Å²) in [4.78, 5) is 25.2. The maximum absolute atomic E-state index is 12.8. The average Bonchev–Trinajstić information content (AvgIpc) is 3.29. The molecule has 1 heterocycles. The van der Waals surface area contributed by atoms with Gasteiger partial charge in [0.1, 0.15) is 0 Å². The number of benzene rings is 3. The Balaban J connectivity index is 1.47. The molecule has 0 bridgehead atoms. The number of aryl methyl sites for hydroxylation is 1. The van der Waals surface area contributed by atoms with E-state index < -0.39 is 10.8 Å². The van der Waals surface area contributed by atoms with Crippen LogP contribution in [0.2, 0.25) is 10.0 Å². The first-order chi connectivity index (χ1) is 16.8. The Morgan fingerprint density at radius 3 is 2.49 bits per heavy atom. The molecular formula is C24H18Cl2N4O4S. The summed E-state index contributed by atoms with van der Waals surface area (Å²) in [7, 11) is 0. The summed E-state index contributed by atoms with van der Waals surface area (Å²) < 4.78 is 7.02. The number of nitro benzene ring substituents is 1. The third-order valence-electron chi connectivity index (χ3n) is 4.75. The van der Waals surface area contributed by atoms with Crippen molar-refractivity contribution in [3.05, 3.63) is 104 Å². The fraction of sp³-hybridized carbons (Fsp3) is 0.0833. The van der Waals surface area contributed by atoms with Gasteiger partial charge in [-0.2, -0.15) is 5.10 Å². The standard InChI is InChI=1S/C24H18Cl2N4O4S/c1-15-5-7-18(8-6-15)35-19-12-16(11-17(13-19)30(32)33)27-24(31)22-9-10-29(28-22)14-34-23-20(25)3-2-4-21(23)26/h2-13H,14H2,1H3,(H,27,31). The van der Waals surface area contributed by atoms with Gasteiger partial charge in [-0.1, -0.05) is 58.7 Å². The molecular weight excluding hydrogens is 511 g/mol. The molecule has 0 unspecified atom stereocenters. The van der Waals surface area contributed by atoms with E-state index in [1.807, 2.05) is 31.2 Å². The molecule has 0 radical (unpaired) electrons. The van der Waals surface area contributed by atoms with Gasteiger partial charge < -0.3 is 10.1 Å². The van der Waals surface area contributed by atoms with Crippen LogP contribution >= 0.6 is 35.0 Å². The van der Waals surface area contributed by atoms with Crippen LogP contribution in [0.4, 0.5) is 11.4 Å². The monoisotopic (exact) mass is 528 g/mol. The second-order valence-corrected chi connectivity index (χ2v) is 9.37. The number of nitrogens with zero attached hydrogens (tertiary/aromatic N) is 3. The SMILES string of the molecule is Cc1ccc(Sc2cc(NC(=O)c3ccn(COc4c(Cl)cccc4Cl)n3)cc([N+](=O)[O-])c2)cc1. The van der Waals surface area contributed by atoms with Gasteiger partial charge in [0.25, 0.3) is 11.6 Å². The predicted molar refractivity (Wildman–Crippen MR) is 136 cm³/mol. The normalized spacial score (nSPS) is 10.7. The zero-order valence-corrected chi connectivity index (χ0v) is 20.6. The largest absolute Gasteiger partial charge is 0.468 e. The van der Waals surface area contributed by atoms with Crippen molar-refractivity contribution in [2.24, 2.45) is 0 Å². The summed E-state index contributed by atoms with van der Waals surface area (Å²) in [5.41, 5.74) is 1.37. The lowest BCUT2D eigenvalue weighted by Gasteiger charge is -2.09. The minimum atomic E-state index is -0.522. The highest BCUT2D eigenvalue weighted by Gasteiger charge is 2.16. The van der Waals surface area contributed by atoms with Gasteiger partial charge in [-0.3, -0.25) is 14.9 Å². The molecule has 0 saturated heterocycles. The molecule has 8 nitrogen and oxygen atoms in total. The number of rotatable bonds is 8. The highest BCUT2D eigenvalue weighted by molar-refractivity contribution is 7.99. The summed E-state index contributed by atoms with van der Waals surface area (Å²) in [6, 6.07) is 18.7. The van der Waals surface area contributed by atoms with Crippen LogP contribution in [-0.4, -0.2) is 20.6 Å². The van der Waals surface area contributed by atoms with Gasteiger partial charge in [0.05, 0.1) is 15.0 Å². The number of ether oxygens (including phenoxy) is 1. The summed E-state index contributed by atoms with van der Waals surface area (Å²) in [6.07, 6.45) is 1.56. The van der Waals surface area contributed by atoms with Gasteiger partial charge in [-0.25, -0.2) is 4.68 Å². The predicted octanol–water partition coefficient (Wildman–Crippen LogP) is 6.85. The molecule has 11 heteroatoms. The van der Waals surface area contributed by atoms with Gasteiger partial charge in [0.15, 0.2) is 18.2 Å². The van der Waals surface area contributed by atoms with Gasteiger partial charge in [0, 0.05) is 33.8 Å². The zero-order chi connectivity index (χ0) is 24.9. The molecule has 1 amide bonds. The number of aromatic nitrogens is 2. The van der Waals surface area contributed by atoms with E-state index in [1.54, 1.807) is 30.5 Å². The quantitative estimate of drug-likeness (QED) is 0.198. The van der Waals surface area contributed by atoms with Crippen molar-refractivity contribution < 1.29 is 14.5 Å². The smallest absolute Gasteiger partial charge is 0.276 e. The van der Waals surface area contributed by atoms with E-state index in [9.17, 15) is 14.9 Å². The van der Waals surface area contributed by atoms with Crippen molar-refractivity contribution in [3.63, 3.8) is 0 Å². The lowest BCUT2D eigenvalue weighted by Crippen LogP contribution is -2.14. The first kappa shape index (κ1) is 24.6. The minimum absolute atomic E-state index is 0.0229. The summed E-state index contributed by atoms with van der Waals surface area (Å²) >= 11 is 13.6. The molecule has 0 aliphatic carbocycles. The molecule has 0 aliphatic rings. The Morgan fingerprint density at radius 2 is 1.80 bits per heavy atom. The number of nitrogens with one attached hydrogen (secondary N) is 1. The van der Waals surface area contributed by atoms with E-state index in [-0.39, 0.29) is 23.8 Å². The molecule has 0 atom stereocenters. The van der Waals surface area contributed by atoms with Crippen LogP contribution in [-0.2, 0) is 6.73 Å². The molecule has 4 rings (SSSR count). The van der Waals surface area contributed by atoms with Crippen molar-refractivity contribution in [2.75, 3.05) is 5.32 Å². The van der Waals surface area contributed by atoms with Gasteiger partial charge >= 0.3 is 0 Å². The molecule has 0 aliphatic heterocycles. The number of hydrogen-bond donors (Lipinski definition) is 1. The van der Waals surface area contributed by atoms with E-state index in [2.05, 4.69) is 10.4 Å². The number of hydrogen-bond acceptors (Lipinski definition) is 6. The highest BCUT2D eigenvalue weighted by Crippen LogP contribution is 2.34. The fourth-order valence-corrected chi connectivity index (χ4v) is 4.48. The number of carbonyl (C=O) groups excluding carboxylic acids is 1. The third kappa shape index (κ3) is 6.33. The number of carbonyl (C=O) groups is 1. The number of nitro groups is 1. The lowest BCUT2D eigenvalue weighted by molar-refractivity contribution is -0.385. The van der Waals surface area contributed by atoms with Crippen molar-refractivity contribution in [1.82, 2.24) is 9.78 Å². The third-order valence-corrected chi connectivity index (χ3v) is 6.32. The Morgan fingerprint density at radius 1 is 1.09 bits per heavy atom. The maximum atomic E-state index is 12.8. The van der Waals surface area contributed by atoms with E-state index >= 15 is 0 Å². The minimum Gasteiger partial charge on any atom is -0.468 e. The molecule has 1 aromatic heterocycles. The Kier molecular flexibility index (Phi) is 7.60. The maximum Gasteiger partial charge on any atom is 0.276 e. The van der Waals surface area contributed by atoms with Crippen LogP contribution in [0.1, 0.15) is 16.1 Å². The second-order valence-electron chi connectivity index (χ2n) is 7.41. The molecule has 35 heavy (non-hydrogen) atoms. The molecule has 4 aromatic rings. The number of halogens is 2. The molecule has 1 N–H and O–H groups in total. The van der Waals surface area contributed by atoms with Crippen LogP contribution in [0.3, 0.4) is 0 Å². The van der Waals surface area contributed by atoms with E-state index in [1.165, 1.54) is 34.6 Å². The zero-order valence-electron chi connectivity index (χ0n) is 18.3. The number of para-hydroxylation sites is 1. The Bertz CT molecular complexity index is 1370. The Labute approximate surface area is 215 Å². The Hall–Kier alpha value is -3.53. The van der Waals surface area contributed by atoms with Crippen LogP contribution < -0.4 is 10.1 Å². The van der Waals surface area contributed by atoms with Gasteiger partial charge in [0.2, 0.25) is 0 Å². The lowest BCUT2D eigenvalue weighted by atomic mass is 10.2. The van der Waals surface area contributed by atoms with Gasteiger partial charge in [-0.05, 0) is 43.3 Å². The number of anilines is 1. The molecule has 3 aromatic carbocycles. The van der Waals surface area contributed by atoms with Gasteiger partial charge in [-0.15, -0.1) is 0 Å². The number of amides is 1. The van der Waals surface area contributed by atoms with Crippen LogP contribution in [0.25, 0.3) is 0 Å².